The van der Waals surface area contributed by atoms with E-state index in [1.165, 1.54) is 14.2 Å². The molecule has 0 saturated heterocycles. The van der Waals surface area contributed by atoms with Gasteiger partial charge in [-0.05, 0) is 12.1 Å². The van der Waals surface area contributed by atoms with Crippen molar-refractivity contribution < 1.29 is 19.0 Å². The van der Waals surface area contributed by atoms with Crippen LogP contribution in [0, 0.1) is 0 Å². The van der Waals surface area contributed by atoms with Gasteiger partial charge >= 0.3 is 0 Å². The van der Waals surface area contributed by atoms with Gasteiger partial charge in [-0.3, -0.25) is 4.79 Å². The normalized spacial score (nSPS) is 9.86. The van der Waals surface area contributed by atoms with Crippen molar-refractivity contribution >= 4 is 11.6 Å². The van der Waals surface area contributed by atoms with Crippen LogP contribution in [-0.2, 0) is 0 Å². The van der Waals surface area contributed by atoms with E-state index in [2.05, 4.69) is 5.32 Å². The zero-order valence-corrected chi connectivity index (χ0v) is 12.2. The van der Waals surface area contributed by atoms with Crippen LogP contribution < -0.4 is 19.5 Å². The first-order valence-corrected chi connectivity index (χ1v) is 6.36. The second kappa shape index (κ2) is 6.65. The van der Waals surface area contributed by atoms with Gasteiger partial charge in [-0.1, -0.05) is 18.2 Å². The van der Waals surface area contributed by atoms with Crippen LogP contribution in [-0.4, -0.2) is 27.2 Å². The molecule has 0 aromatic heterocycles. The Balaban J connectivity index is 2.36. The summed E-state index contributed by atoms with van der Waals surface area (Å²) in [7, 11) is 4.59. The summed E-state index contributed by atoms with van der Waals surface area (Å²) in [5.74, 6) is 1.28. The second-order valence-electron chi connectivity index (χ2n) is 4.23. The van der Waals surface area contributed by atoms with Crippen molar-refractivity contribution in [1.29, 1.82) is 0 Å². The van der Waals surface area contributed by atoms with Crippen LogP contribution in [0.2, 0.25) is 0 Å². The maximum atomic E-state index is 12.3. The molecule has 0 radical (unpaired) electrons. The number of ether oxygens (including phenoxy) is 3. The van der Waals surface area contributed by atoms with Gasteiger partial charge in [0.15, 0.2) is 0 Å². The topological polar surface area (TPSA) is 56.8 Å². The lowest BCUT2D eigenvalue weighted by molar-refractivity contribution is 0.102. The minimum atomic E-state index is -0.239. The third-order valence-corrected chi connectivity index (χ3v) is 2.99. The van der Waals surface area contributed by atoms with Crippen LogP contribution >= 0.6 is 0 Å². The SMILES string of the molecule is COc1cc(OC)c(NC(=O)c2ccccc2)c(OC)c1. The zero-order chi connectivity index (χ0) is 15.2. The summed E-state index contributed by atoms with van der Waals surface area (Å²) in [6.45, 7) is 0. The number of carbonyl (C=O) groups excluding carboxylic acids is 1. The van der Waals surface area contributed by atoms with Crippen LogP contribution in [0.5, 0.6) is 17.2 Å². The van der Waals surface area contributed by atoms with Gasteiger partial charge < -0.3 is 19.5 Å². The van der Waals surface area contributed by atoms with Crippen molar-refractivity contribution in [3.05, 3.63) is 48.0 Å². The first kappa shape index (κ1) is 14.7. The molecule has 0 unspecified atom stereocenters. The maximum Gasteiger partial charge on any atom is 0.255 e. The molecule has 5 heteroatoms. The number of rotatable bonds is 5. The summed E-state index contributed by atoms with van der Waals surface area (Å²) in [5.41, 5.74) is 1.02. The molecule has 0 aliphatic heterocycles. The van der Waals surface area contributed by atoms with Crippen molar-refractivity contribution in [3.63, 3.8) is 0 Å². The fourth-order valence-corrected chi connectivity index (χ4v) is 1.90. The molecule has 0 bridgehead atoms. The first-order chi connectivity index (χ1) is 10.2. The number of amides is 1. The van der Waals surface area contributed by atoms with Crippen LogP contribution in [0.1, 0.15) is 10.4 Å². The van der Waals surface area contributed by atoms with Crippen molar-refractivity contribution in [2.24, 2.45) is 0 Å². The largest absolute Gasteiger partial charge is 0.496 e. The van der Waals surface area contributed by atoms with Crippen molar-refractivity contribution in [2.75, 3.05) is 26.6 Å². The molecule has 0 fully saturated rings. The maximum absolute atomic E-state index is 12.3. The summed E-state index contributed by atoms with van der Waals surface area (Å²) in [6.07, 6.45) is 0. The molecule has 5 nitrogen and oxygen atoms in total. The molecule has 21 heavy (non-hydrogen) atoms. The minimum absolute atomic E-state index is 0.239. The third kappa shape index (κ3) is 3.25. The average molecular weight is 287 g/mol. The summed E-state index contributed by atoms with van der Waals surface area (Å²) in [5, 5.41) is 2.80. The molecule has 0 saturated carbocycles. The average Bonchev–Trinajstić information content (AvgIpc) is 2.55. The van der Waals surface area contributed by atoms with Gasteiger partial charge in [0.2, 0.25) is 0 Å². The van der Waals surface area contributed by atoms with E-state index >= 15 is 0 Å². The Morgan fingerprint density at radius 2 is 1.48 bits per heavy atom. The van der Waals surface area contributed by atoms with Gasteiger partial charge in [0.1, 0.15) is 22.9 Å². The Kier molecular flexibility index (Phi) is 4.66. The number of nitrogens with one attached hydrogen (secondary N) is 1. The predicted octanol–water partition coefficient (Wildman–Crippen LogP) is 2.96. The number of carbonyl (C=O) groups is 1. The summed E-state index contributed by atoms with van der Waals surface area (Å²) >= 11 is 0. The van der Waals surface area contributed by atoms with Gasteiger partial charge in [-0.25, -0.2) is 0 Å². The predicted molar refractivity (Wildman–Crippen MR) is 80.5 cm³/mol. The highest BCUT2D eigenvalue weighted by atomic mass is 16.5. The monoisotopic (exact) mass is 287 g/mol. The Hall–Kier alpha value is -2.69. The highest BCUT2D eigenvalue weighted by Crippen LogP contribution is 2.39. The van der Waals surface area contributed by atoms with Crippen LogP contribution in [0.15, 0.2) is 42.5 Å². The van der Waals surface area contributed by atoms with E-state index < -0.39 is 0 Å². The fourth-order valence-electron chi connectivity index (χ4n) is 1.90. The summed E-state index contributed by atoms with van der Waals surface area (Å²) in [6, 6.07) is 12.3. The van der Waals surface area contributed by atoms with Crippen molar-refractivity contribution in [2.45, 2.75) is 0 Å². The highest BCUT2D eigenvalue weighted by Gasteiger charge is 2.16. The van der Waals surface area contributed by atoms with Gasteiger partial charge in [-0.15, -0.1) is 0 Å². The number of anilines is 1. The van der Waals surface area contributed by atoms with E-state index in [4.69, 9.17) is 14.2 Å². The smallest absolute Gasteiger partial charge is 0.255 e. The molecule has 0 spiro atoms. The van der Waals surface area contributed by atoms with Gasteiger partial charge in [-0.2, -0.15) is 0 Å². The Bertz CT molecular complexity index is 600. The molecule has 0 aliphatic rings. The number of hydrogen-bond acceptors (Lipinski definition) is 4. The number of methoxy groups -OCH3 is 3. The quantitative estimate of drug-likeness (QED) is 0.918. The van der Waals surface area contributed by atoms with Crippen LogP contribution in [0.25, 0.3) is 0 Å². The molecule has 0 aliphatic carbocycles. The zero-order valence-electron chi connectivity index (χ0n) is 12.2. The lowest BCUT2D eigenvalue weighted by Crippen LogP contribution is -2.13. The lowest BCUT2D eigenvalue weighted by Gasteiger charge is -2.15. The van der Waals surface area contributed by atoms with E-state index in [9.17, 15) is 4.79 Å². The van der Waals surface area contributed by atoms with E-state index in [0.717, 1.165) is 0 Å². The number of benzene rings is 2. The Morgan fingerprint density at radius 1 is 0.905 bits per heavy atom. The fraction of sp³-hybridized carbons (Fsp3) is 0.188. The van der Waals surface area contributed by atoms with Crippen molar-refractivity contribution in [1.82, 2.24) is 0 Å². The summed E-state index contributed by atoms with van der Waals surface area (Å²) in [4.78, 5) is 12.3. The van der Waals surface area contributed by atoms with E-state index in [-0.39, 0.29) is 5.91 Å². The molecule has 1 amide bonds. The Labute approximate surface area is 123 Å². The molecule has 2 aromatic rings. The molecule has 2 rings (SSSR count). The van der Waals surface area contributed by atoms with Gasteiger partial charge in [0, 0.05) is 17.7 Å². The van der Waals surface area contributed by atoms with E-state index in [1.807, 2.05) is 6.07 Å². The standard InChI is InChI=1S/C16H17NO4/c1-19-12-9-13(20-2)15(14(10-12)21-3)17-16(18)11-7-5-4-6-8-11/h4-10H,1-3H3,(H,17,18). The molecule has 0 atom stereocenters. The molecule has 2 aromatic carbocycles. The minimum Gasteiger partial charge on any atom is -0.496 e. The molecule has 1 N–H and O–H groups in total. The third-order valence-electron chi connectivity index (χ3n) is 2.99. The first-order valence-electron chi connectivity index (χ1n) is 6.36. The lowest BCUT2D eigenvalue weighted by atomic mass is 10.2. The van der Waals surface area contributed by atoms with E-state index in [1.54, 1.807) is 43.5 Å². The molecule has 0 heterocycles. The molecular weight excluding hydrogens is 270 g/mol. The van der Waals surface area contributed by atoms with Gasteiger partial charge in [0.05, 0.1) is 21.3 Å². The van der Waals surface area contributed by atoms with E-state index in [0.29, 0.717) is 28.5 Å². The summed E-state index contributed by atoms with van der Waals surface area (Å²) < 4.78 is 15.8. The Morgan fingerprint density at radius 3 is 1.95 bits per heavy atom. The molecular formula is C16H17NO4. The number of hydrogen-bond donors (Lipinski definition) is 1. The van der Waals surface area contributed by atoms with Crippen LogP contribution in [0.3, 0.4) is 0 Å². The molecule has 110 valence electrons. The highest BCUT2D eigenvalue weighted by molar-refractivity contribution is 6.06. The van der Waals surface area contributed by atoms with Gasteiger partial charge in [0.25, 0.3) is 5.91 Å². The van der Waals surface area contributed by atoms with Crippen molar-refractivity contribution in [3.8, 4) is 17.2 Å². The van der Waals surface area contributed by atoms with Crippen LogP contribution in [0.4, 0.5) is 5.69 Å². The second-order valence-corrected chi connectivity index (χ2v) is 4.23.